The first-order chi connectivity index (χ1) is 8.63. The molecule has 1 radical (unpaired) electrons. The average Bonchev–Trinajstić information content (AvgIpc) is 2.29. The predicted octanol–water partition coefficient (Wildman–Crippen LogP) is 5.28. The second kappa shape index (κ2) is 12.9. The van der Waals surface area contributed by atoms with Gasteiger partial charge in [0, 0.05) is 0 Å². The number of carbonyl (C=O) groups excluding carboxylic acids is 1. The predicted molar refractivity (Wildman–Crippen MR) is 75.9 cm³/mol. The highest BCUT2D eigenvalue weighted by atomic mass is 16.4. The maximum Gasteiger partial charge on any atom is 0.355 e. The number of carbonyl (C=O) groups is 1. The third-order valence-corrected chi connectivity index (χ3v) is 3.41. The van der Waals surface area contributed by atoms with E-state index in [0.717, 1.165) is 18.8 Å². The van der Waals surface area contributed by atoms with E-state index in [0.29, 0.717) is 0 Å². The zero-order valence-corrected chi connectivity index (χ0v) is 12.4. The monoisotopic (exact) mass is 255 g/mol. The Kier molecular flexibility index (Phi) is 12.5. The second-order valence-corrected chi connectivity index (χ2v) is 5.84. The zero-order valence-electron chi connectivity index (χ0n) is 12.4. The lowest BCUT2D eigenvalue weighted by atomic mass is 10.0. The molecule has 0 spiro atoms. The zero-order chi connectivity index (χ0) is 13.6. The van der Waals surface area contributed by atoms with Gasteiger partial charge in [-0.2, -0.15) is 0 Å². The summed E-state index contributed by atoms with van der Waals surface area (Å²) in [6, 6.07) is 0. The maximum atomic E-state index is 10.2. The van der Waals surface area contributed by atoms with Gasteiger partial charge in [0.2, 0.25) is 0 Å². The lowest BCUT2D eigenvalue weighted by Crippen LogP contribution is -1.91. The van der Waals surface area contributed by atoms with Crippen molar-refractivity contribution in [1.82, 2.24) is 0 Å². The SMILES string of the molecule is CC(C)CCCCCCCCCCCCC([O])=O. The molecule has 0 N–H and O–H groups in total. The van der Waals surface area contributed by atoms with E-state index in [1.165, 1.54) is 57.8 Å². The number of hydrogen-bond acceptors (Lipinski definition) is 1. The summed E-state index contributed by atoms with van der Waals surface area (Å²) in [6.45, 7) is 4.58. The molecule has 107 valence electrons. The topological polar surface area (TPSA) is 37.0 Å². The van der Waals surface area contributed by atoms with Crippen LogP contribution in [-0.4, -0.2) is 5.97 Å². The molecule has 0 aliphatic heterocycles. The molecule has 0 unspecified atom stereocenters. The van der Waals surface area contributed by atoms with Gasteiger partial charge in [0.15, 0.2) is 0 Å². The average molecular weight is 255 g/mol. The van der Waals surface area contributed by atoms with Gasteiger partial charge in [-0.1, -0.05) is 78.1 Å². The normalized spacial score (nSPS) is 11.1. The Morgan fingerprint density at radius 1 is 0.722 bits per heavy atom. The standard InChI is InChI=1S/C16H31O2/c1-15(2)13-11-9-7-5-3-4-6-8-10-12-14-16(17)18/h15H,3-14H2,1-2H3. The van der Waals surface area contributed by atoms with Crippen LogP contribution in [0.1, 0.15) is 90.9 Å². The number of unbranched alkanes of at least 4 members (excludes halogenated alkanes) is 9. The fraction of sp³-hybridized carbons (Fsp3) is 0.938. The highest BCUT2D eigenvalue weighted by Crippen LogP contribution is 2.13. The molecular formula is C16H31O2. The van der Waals surface area contributed by atoms with E-state index in [4.69, 9.17) is 0 Å². The van der Waals surface area contributed by atoms with Crippen molar-refractivity contribution in [2.24, 2.45) is 5.92 Å². The fourth-order valence-corrected chi connectivity index (χ4v) is 2.24. The Morgan fingerprint density at radius 3 is 1.50 bits per heavy atom. The van der Waals surface area contributed by atoms with Gasteiger partial charge >= 0.3 is 5.97 Å². The first-order valence-electron chi connectivity index (χ1n) is 7.82. The Labute approximate surface area is 113 Å². The lowest BCUT2D eigenvalue weighted by molar-refractivity contribution is -0.143. The van der Waals surface area contributed by atoms with Crippen molar-refractivity contribution >= 4 is 5.97 Å². The van der Waals surface area contributed by atoms with Crippen molar-refractivity contribution in [1.29, 1.82) is 0 Å². The molecule has 0 aromatic heterocycles. The van der Waals surface area contributed by atoms with Crippen LogP contribution < -0.4 is 0 Å². The van der Waals surface area contributed by atoms with Crippen LogP contribution >= 0.6 is 0 Å². The lowest BCUT2D eigenvalue weighted by Gasteiger charge is -2.04. The van der Waals surface area contributed by atoms with Gasteiger partial charge < -0.3 is 0 Å². The Bertz CT molecular complexity index is 188. The third-order valence-electron chi connectivity index (χ3n) is 3.41. The molecule has 0 amide bonds. The molecule has 0 saturated carbocycles. The van der Waals surface area contributed by atoms with E-state index in [2.05, 4.69) is 13.8 Å². The van der Waals surface area contributed by atoms with Crippen LogP contribution in [-0.2, 0) is 9.90 Å². The summed E-state index contributed by atoms with van der Waals surface area (Å²) in [6.07, 6.45) is 14.1. The third kappa shape index (κ3) is 15.5. The van der Waals surface area contributed by atoms with Crippen molar-refractivity contribution in [2.75, 3.05) is 0 Å². The summed E-state index contributed by atoms with van der Waals surface area (Å²) < 4.78 is 0. The van der Waals surface area contributed by atoms with Crippen LogP contribution in [0, 0.1) is 5.92 Å². The molecule has 0 bridgehead atoms. The minimum Gasteiger partial charge on any atom is -0.247 e. The van der Waals surface area contributed by atoms with E-state index in [9.17, 15) is 9.90 Å². The summed E-state index contributed by atoms with van der Waals surface area (Å²) in [5, 5.41) is 10.2. The van der Waals surface area contributed by atoms with Crippen LogP contribution in [0.3, 0.4) is 0 Å². The maximum absolute atomic E-state index is 10.2. The van der Waals surface area contributed by atoms with Gasteiger partial charge in [-0.15, -0.1) is 0 Å². The molecule has 0 aromatic carbocycles. The van der Waals surface area contributed by atoms with Crippen molar-refractivity contribution in [3.63, 3.8) is 0 Å². The molecule has 0 aliphatic rings. The molecule has 2 heteroatoms. The van der Waals surface area contributed by atoms with E-state index in [1.54, 1.807) is 0 Å². The largest absolute Gasteiger partial charge is 0.355 e. The van der Waals surface area contributed by atoms with E-state index < -0.39 is 5.97 Å². The first-order valence-corrected chi connectivity index (χ1v) is 7.82. The van der Waals surface area contributed by atoms with Gasteiger partial charge in [-0.05, 0) is 12.3 Å². The Hall–Kier alpha value is -0.530. The van der Waals surface area contributed by atoms with Crippen molar-refractivity contribution in [3.8, 4) is 0 Å². The minimum atomic E-state index is -0.906. The van der Waals surface area contributed by atoms with Crippen molar-refractivity contribution in [3.05, 3.63) is 0 Å². The molecule has 0 aliphatic carbocycles. The highest BCUT2D eigenvalue weighted by molar-refractivity contribution is 5.66. The first kappa shape index (κ1) is 17.5. The van der Waals surface area contributed by atoms with Crippen molar-refractivity contribution in [2.45, 2.75) is 90.9 Å². The molecular weight excluding hydrogens is 224 g/mol. The van der Waals surface area contributed by atoms with E-state index in [-0.39, 0.29) is 6.42 Å². The summed E-state index contributed by atoms with van der Waals surface area (Å²) >= 11 is 0. The Morgan fingerprint density at radius 2 is 1.11 bits per heavy atom. The van der Waals surface area contributed by atoms with Gasteiger partial charge in [0.05, 0.1) is 6.42 Å². The van der Waals surface area contributed by atoms with Gasteiger partial charge in [0.1, 0.15) is 0 Å². The molecule has 2 nitrogen and oxygen atoms in total. The van der Waals surface area contributed by atoms with E-state index in [1.807, 2.05) is 0 Å². The summed E-state index contributed by atoms with van der Waals surface area (Å²) in [5.74, 6) is -0.0533. The minimum absolute atomic E-state index is 0.232. The smallest absolute Gasteiger partial charge is 0.247 e. The molecule has 0 saturated heterocycles. The summed E-state index contributed by atoms with van der Waals surface area (Å²) in [4.78, 5) is 10.2. The molecule has 0 atom stereocenters. The second-order valence-electron chi connectivity index (χ2n) is 5.84. The van der Waals surface area contributed by atoms with Crippen LogP contribution in [0.25, 0.3) is 0 Å². The van der Waals surface area contributed by atoms with Gasteiger partial charge in [0.25, 0.3) is 0 Å². The fourth-order valence-electron chi connectivity index (χ4n) is 2.24. The quantitative estimate of drug-likeness (QED) is 0.412. The molecule has 0 aromatic rings. The van der Waals surface area contributed by atoms with Crippen molar-refractivity contribution < 1.29 is 9.90 Å². The summed E-state index contributed by atoms with van der Waals surface area (Å²) in [7, 11) is 0. The van der Waals surface area contributed by atoms with Gasteiger partial charge in [-0.25, -0.2) is 9.90 Å². The van der Waals surface area contributed by atoms with E-state index >= 15 is 0 Å². The van der Waals surface area contributed by atoms with Gasteiger partial charge in [-0.3, -0.25) is 0 Å². The van der Waals surface area contributed by atoms with Crippen LogP contribution in [0.5, 0.6) is 0 Å². The van der Waals surface area contributed by atoms with Crippen LogP contribution in [0.2, 0.25) is 0 Å². The summed E-state index contributed by atoms with van der Waals surface area (Å²) in [5.41, 5.74) is 0. The number of rotatable bonds is 13. The molecule has 0 rings (SSSR count). The van der Waals surface area contributed by atoms with Crippen LogP contribution in [0.4, 0.5) is 0 Å². The highest BCUT2D eigenvalue weighted by Gasteiger charge is 1.98. The number of hydrogen-bond donors (Lipinski definition) is 0. The molecule has 0 heterocycles. The Balaban J connectivity index is 2.97. The molecule has 0 fully saturated rings. The van der Waals surface area contributed by atoms with Crippen LogP contribution in [0.15, 0.2) is 0 Å². The molecule has 18 heavy (non-hydrogen) atoms.